The Morgan fingerprint density at radius 1 is 1.13 bits per heavy atom. The fraction of sp³-hybridized carbons (Fsp3) is 0.238. The zero-order valence-electron chi connectivity index (χ0n) is 16.3. The lowest BCUT2D eigenvalue weighted by Crippen LogP contribution is -2.41. The van der Waals surface area contributed by atoms with Crippen molar-refractivity contribution in [1.82, 2.24) is 14.5 Å². The molecule has 1 aliphatic rings. The van der Waals surface area contributed by atoms with Crippen molar-refractivity contribution < 1.29 is 19.1 Å². The summed E-state index contributed by atoms with van der Waals surface area (Å²) in [6.45, 7) is 1.78. The maximum atomic E-state index is 12.7. The molecule has 4 rings (SSSR count). The molecule has 1 fully saturated rings. The second-order valence-electron chi connectivity index (χ2n) is 6.99. The van der Waals surface area contributed by atoms with Gasteiger partial charge in [-0.05, 0) is 12.1 Å². The summed E-state index contributed by atoms with van der Waals surface area (Å²) < 4.78 is 6.46. The zero-order chi connectivity index (χ0) is 21.3. The van der Waals surface area contributed by atoms with E-state index in [2.05, 4.69) is 10.3 Å². The van der Waals surface area contributed by atoms with Crippen LogP contribution in [0.3, 0.4) is 0 Å². The lowest BCUT2D eigenvalue weighted by atomic mass is 10.1. The molecule has 2 aromatic heterocycles. The minimum absolute atomic E-state index is 0.130. The summed E-state index contributed by atoms with van der Waals surface area (Å²) in [6.07, 6.45) is 2.88. The van der Waals surface area contributed by atoms with E-state index in [4.69, 9.17) is 4.74 Å². The van der Waals surface area contributed by atoms with Gasteiger partial charge in [0, 0.05) is 43.4 Å². The number of carbonyl (C=O) groups is 3. The van der Waals surface area contributed by atoms with Crippen LogP contribution in [0.5, 0.6) is 0 Å². The molecule has 1 aliphatic heterocycles. The molecule has 1 saturated heterocycles. The lowest BCUT2D eigenvalue weighted by Gasteiger charge is -2.27. The molecule has 0 aliphatic carbocycles. The van der Waals surface area contributed by atoms with E-state index in [1.165, 1.54) is 30.1 Å². The Hall–Kier alpha value is -3.72. The Kier molecular flexibility index (Phi) is 5.20. The van der Waals surface area contributed by atoms with Gasteiger partial charge in [0.2, 0.25) is 0 Å². The SMILES string of the molecule is Cn1cc(C(=O)N2CCOCC2)cc(NC(=O)C(=O)c2c[nH]c3ccccc23)c1=O. The molecule has 2 amide bonds. The summed E-state index contributed by atoms with van der Waals surface area (Å²) in [5.74, 6) is -2.00. The molecule has 0 spiro atoms. The van der Waals surface area contributed by atoms with Crippen LogP contribution in [0.1, 0.15) is 20.7 Å². The van der Waals surface area contributed by atoms with Crippen molar-refractivity contribution in [1.29, 1.82) is 0 Å². The molecule has 0 unspecified atom stereocenters. The van der Waals surface area contributed by atoms with Crippen LogP contribution in [-0.2, 0) is 16.6 Å². The highest BCUT2D eigenvalue weighted by Crippen LogP contribution is 2.19. The summed E-state index contributed by atoms with van der Waals surface area (Å²) in [7, 11) is 1.48. The van der Waals surface area contributed by atoms with E-state index in [1.807, 2.05) is 6.07 Å². The maximum absolute atomic E-state index is 12.7. The van der Waals surface area contributed by atoms with Crippen LogP contribution in [0.15, 0.2) is 47.5 Å². The molecule has 9 heteroatoms. The Balaban J connectivity index is 1.59. The number of ketones is 1. The number of carbonyl (C=O) groups excluding carboxylic acids is 3. The first kappa shape index (κ1) is 19.6. The second kappa shape index (κ2) is 7.96. The van der Waals surface area contributed by atoms with Crippen LogP contribution in [0.4, 0.5) is 5.69 Å². The van der Waals surface area contributed by atoms with Crippen molar-refractivity contribution in [2.45, 2.75) is 0 Å². The van der Waals surface area contributed by atoms with Crippen molar-refractivity contribution in [2.75, 3.05) is 31.6 Å². The average Bonchev–Trinajstić information content (AvgIpc) is 3.20. The molecule has 3 aromatic rings. The number of nitrogens with zero attached hydrogens (tertiary/aromatic N) is 2. The van der Waals surface area contributed by atoms with Crippen molar-refractivity contribution in [2.24, 2.45) is 7.05 Å². The first-order chi connectivity index (χ1) is 14.5. The minimum Gasteiger partial charge on any atom is -0.378 e. The summed E-state index contributed by atoms with van der Waals surface area (Å²) in [4.78, 5) is 55.0. The first-order valence-electron chi connectivity index (χ1n) is 9.45. The highest BCUT2D eigenvalue weighted by molar-refractivity contribution is 6.48. The Bertz CT molecular complexity index is 1200. The van der Waals surface area contributed by atoms with Gasteiger partial charge in [-0.15, -0.1) is 0 Å². The summed E-state index contributed by atoms with van der Waals surface area (Å²) >= 11 is 0. The maximum Gasteiger partial charge on any atom is 0.296 e. The third-order valence-electron chi connectivity index (χ3n) is 5.02. The lowest BCUT2D eigenvalue weighted by molar-refractivity contribution is -0.112. The molecular weight excluding hydrogens is 388 g/mol. The van der Waals surface area contributed by atoms with Crippen molar-refractivity contribution in [3.63, 3.8) is 0 Å². The number of Topliss-reactive ketones (excluding diaryl/α,β-unsaturated/α-hetero) is 1. The topological polar surface area (TPSA) is 114 Å². The van der Waals surface area contributed by atoms with Crippen LogP contribution in [0.2, 0.25) is 0 Å². The third-order valence-corrected chi connectivity index (χ3v) is 5.02. The van der Waals surface area contributed by atoms with Gasteiger partial charge in [0.15, 0.2) is 0 Å². The number of benzene rings is 1. The largest absolute Gasteiger partial charge is 0.378 e. The fourth-order valence-electron chi connectivity index (χ4n) is 3.43. The number of aromatic nitrogens is 2. The van der Waals surface area contributed by atoms with Gasteiger partial charge in [-0.1, -0.05) is 18.2 Å². The number of rotatable bonds is 4. The van der Waals surface area contributed by atoms with Gasteiger partial charge in [0.25, 0.3) is 23.2 Å². The number of hydrogen-bond donors (Lipinski definition) is 2. The number of anilines is 1. The molecule has 154 valence electrons. The highest BCUT2D eigenvalue weighted by atomic mass is 16.5. The number of fused-ring (bicyclic) bond motifs is 1. The van der Waals surface area contributed by atoms with Crippen LogP contribution >= 0.6 is 0 Å². The predicted molar refractivity (Wildman–Crippen MR) is 110 cm³/mol. The van der Waals surface area contributed by atoms with Gasteiger partial charge in [-0.2, -0.15) is 0 Å². The molecule has 0 atom stereocenters. The van der Waals surface area contributed by atoms with Crippen molar-refractivity contribution in [3.8, 4) is 0 Å². The van der Waals surface area contributed by atoms with Crippen molar-refractivity contribution >= 4 is 34.2 Å². The van der Waals surface area contributed by atoms with Crippen LogP contribution in [0, 0.1) is 0 Å². The van der Waals surface area contributed by atoms with Crippen molar-refractivity contribution in [3.05, 3.63) is 64.2 Å². The second-order valence-corrected chi connectivity index (χ2v) is 6.99. The third kappa shape index (κ3) is 3.62. The van der Waals surface area contributed by atoms with Gasteiger partial charge >= 0.3 is 0 Å². The highest BCUT2D eigenvalue weighted by Gasteiger charge is 2.23. The number of morpholine rings is 1. The number of amides is 2. The Morgan fingerprint density at radius 2 is 1.87 bits per heavy atom. The smallest absolute Gasteiger partial charge is 0.296 e. The Labute approximate surface area is 171 Å². The van der Waals surface area contributed by atoms with Crippen LogP contribution in [0.25, 0.3) is 10.9 Å². The molecule has 0 bridgehead atoms. The number of aryl methyl sites for hydroxylation is 1. The molecule has 1 aromatic carbocycles. The quantitative estimate of drug-likeness (QED) is 0.497. The standard InChI is InChI=1S/C21H20N4O5/c1-24-12-13(20(28)25-6-8-30-9-7-25)10-17(21(24)29)23-19(27)18(26)15-11-22-16-5-3-2-4-14(15)16/h2-5,10-12,22H,6-9H2,1H3,(H,23,27). The minimum atomic E-state index is -0.951. The average molecular weight is 408 g/mol. The summed E-state index contributed by atoms with van der Waals surface area (Å²) in [5, 5.41) is 2.98. The summed E-state index contributed by atoms with van der Waals surface area (Å²) in [5.41, 5.74) is 0.528. The van der Waals surface area contributed by atoms with E-state index in [1.54, 1.807) is 23.1 Å². The number of pyridine rings is 1. The Morgan fingerprint density at radius 3 is 2.63 bits per heavy atom. The van der Waals surface area contributed by atoms with Crippen LogP contribution in [-0.4, -0.2) is 58.4 Å². The van der Waals surface area contributed by atoms with Gasteiger partial charge < -0.3 is 24.5 Å². The zero-order valence-corrected chi connectivity index (χ0v) is 16.3. The number of ether oxygens (including phenoxy) is 1. The van der Waals surface area contributed by atoms with E-state index in [0.717, 1.165) is 5.52 Å². The summed E-state index contributed by atoms with van der Waals surface area (Å²) in [6, 6.07) is 8.41. The molecule has 9 nitrogen and oxygen atoms in total. The first-order valence-corrected chi connectivity index (χ1v) is 9.45. The van der Waals surface area contributed by atoms with Gasteiger partial charge in [0.1, 0.15) is 5.69 Å². The van der Waals surface area contributed by atoms with E-state index < -0.39 is 17.2 Å². The number of nitrogens with one attached hydrogen (secondary N) is 2. The van der Waals surface area contributed by atoms with Gasteiger partial charge in [-0.25, -0.2) is 0 Å². The van der Waals surface area contributed by atoms with E-state index in [-0.39, 0.29) is 22.7 Å². The molecule has 30 heavy (non-hydrogen) atoms. The number of aromatic amines is 1. The molecular formula is C21H20N4O5. The number of H-pyrrole nitrogens is 1. The number of hydrogen-bond acceptors (Lipinski definition) is 5. The van der Waals surface area contributed by atoms with E-state index >= 15 is 0 Å². The molecule has 0 radical (unpaired) electrons. The molecule has 2 N–H and O–H groups in total. The monoisotopic (exact) mass is 408 g/mol. The van der Waals surface area contributed by atoms with Gasteiger partial charge in [-0.3, -0.25) is 19.2 Å². The van der Waals surface area contributed by atoms with Gasteiger partial charge in [0.05, 0.1) is 24.3 Å². The molecule has 0 saturated carbocycles. The molecule has 3 heterocycles. The van der Waals surface area contributed by atoms with E-state index in [9.17, 15) is 19.2 Å². The predicted octanol–water partition coefficient (Wildman–Crippen LogP) is 1.16. The fourth-order valence-corrected chi connectivity index (χ4v) is 3.43. The normalized spacial score (nSPS) is 14.0. The number of para-hydroxylation sites is 1. The van der Waals surface area contributed by atoms with Crippen LogP contribution < -0.4 is 10.9 Å². The van der Waals surface area contributed by atoms with E-state index in [0.29, 0.717) is 31.7 Å².